The third kappa shape index (κ3) is 3.53. The zero-order valence-electron chi connectivity index (χ0n) is 10.8. The fourth-order valence-electron chi connectivity index (χ4n) is 2.08. The standard InChI is InChI=1S/C15H13BrCl2FN/c1-20-14(11-3-2-4-12(16)15(11)18)8-9-7-10(19)5-6-13(9)17/h2-7,14,20H,8H2,1H3. The predicted octanol–water partition coefficient (Wildman–Crippen LogP) is 5.40. The van der Waals surface area contributed by atoms with Crippen molar-refractivity contribution < 1.29 is 4.39 Å². The van der Waals surface area contributed by atoms with Crippen molar-refractivity contribution in [2.75, 3.05) is 7.05 Å². The molecule has 0 radical (unpaired) electrons. The number of likely N-dealkylation sites (N-methyl/N-ethyl adjacent to an activating group) is 1. The van der Waals surface area contributed by atoms with Crippen LogP contribution in [-0.4, -0.2) is 7.05 Å². The van der Waals surface area contributed by atoms with E-state index in [-0.39, 0.29) is 11.9 Å². The second-order valence-corrected chi connectivity index (χ2v) is 6.06. The maximum absolute atomic E-state index is 13.3. The van der Waals surface area contributed by atoms with Crippen LogP contribution in [-0.2, 0) is 6.42 Å². The van der Waals surface area contributed by atoms with E-state index in [1.165, 1.54) is 12.1 Å². The van der Waals surface area contributed by atoms with Crippen LogP contribution in [0.5, 0.6) is 0 Å². The van der Waals surface area contributed by atoms with Crippen LogP contribution in [0.4, 0.5) is 4.39 Å². The van der Waals surface area contributed by atoms with E-state index < -0.39 is 0 Å². The Morgan fingerprint density at radius 3 is 2.70 bits per heavy atom. The number of hydrogen-bond acceptors (Lipinski definition) is 1. The van der Waals surface area contributed by atoms with Crippen molar-refractivity contribution in [1.29, 1.82) is 0 Å². The molecule has 0 saturated carbocycles. The zero-order chi connectivity index (χ0) is 14.7. The van der Waals surface area contributed by atoms with Crippen molar-refractivity contribution in [2.45, 2.75) is 12.5 Å². The number of benzene rings is 2. The lowest BCUT2D eigenvalue weighted by atomic mass is 9.99. The molecule has 1 unspecified atom stereocenters. The summed E-state index contributed by atoms with van der Waals surface area (Å²) < 4.78 is 14.2. The van der Waals surface area contributed by atoms with Crippen LogP contribution in [0.1, 0.15) is 17.2 Å². The highest BCUT2D eigenvalue weighted by Crippen LogP contribution is 2.32. The molecular weight excluding hydrogens is 364 g/mol. The van der Waals surface area contributed by atoms with Crippen LogP contribution in [0.25, 0.3) is 0 Å². The molecule has 2 rings (SSSR count). The van der Waals surface area contributed by atoms with Gasteiger partial charge in [-0.3, -0.25) is 0 Å². The van der Waals surface area contributed by atoms with E-state index in [1.807, 2.05) is 25.2 Å². The van der Waals surface area contributed by atoms with E-state index >= 15 is 0 Å². The Labute approximate surface area is 136 Å². The molecule has 2 aromatic rings. The van der Waals surface area contributed by atoms with Gasteiger partial charge in [-0.1, -0.05) is 35.3 Å². The molecule has 0 aliphatic rings. The van der Waals surface area contributed by atoms with E-state index in [1.54, 1.807) is 6.07 Å². The maximum Gasteiger partial charge on any atom is 0.123 e. The minimum atomic E-state index is -0.292. The van der Waals surface area contributed by atoms with Gasteiger partial charge in [0.25, 0.3) is 0 Å². The lowest BCUT2D eigenvalue weighted by Crippen LogP contribution is -2.19. The molecule has 1 atom stereocenters. The average molecular weight is 377 g/mol. The molecule has 2 aromatic carbocycles. The van der Waals surface area contributed by atoms with Gasteiger partial charge in [-0.2, -0.15) is 0 Å². The molecule has 20 heavy (non-hydrogen) atoms. The van der Waals surface area contributed by atoms with Crippen molar-refractivity contribution in [3.8, 4) is 0 Å². The van der Waals surface area contributed by atoms with Crippen molar-refractivity contribution in [2.24, 2.45) is 0 Å². The molecule has 0 saturated heterocycles. The van der Waals surface area contributed by atoms with Gasteiger partial charge in [0.15, 0.2) is 0 Å². The van der Waals surface area contributed by atoms with Gasteiger partial charge in [0.1, 0.15) is 5.82 Å². The van der Waals surface area contributed by atoms with E-state index in [9.17, 15) is 4.39 Å². The van der Waals surface area contributed by atoms with Crippen LogP contribution in [0, 0.1) is 5.82 Å². The predicted molar refractivity (Wildman–Crippen MR) is 86.1 cm³/mol. The fraction of sp³-hybridized carbons (Fsp3) is 0.200. The third-order valence-electron chi connectivity index (χ3n) is 3.14. The summed E-state index contributed by atoms with van der Waals surface area (Å²) >= 11 is 15.8. The third-order valence-corrected chi connectivity index (χ3v) is 4.82. The maximum atomic E-state index is 13.3. The van der Waals surface area contributed by atoms with Gasteiger partial charge in [-0.05, 0) is 64.8 Å². The molecule has 0 amide bonds. The number of nitrogens with one attached hydrogen (secondary N) is 1. The van der Waals surface area contributed by atoms with Gasteiger partial charge in [0.2, 0.25) is 0 Å². The molecule has 0 aliphatic carbocycles. The summed E-state index contributed by atoms with van der Waals surface area (Å²) in [6.07, 6.45) is 0.559. The second-order valence-electron chi connectivity index (χ2n) is 4.42. The lowest BCUT2D eigenvalue weighted by molar-refractivity contribution is 0.584. The van der Waals surface area contributed by atoms with Crippen LogP contribution in [0.15, 0.2) is 40.9 Å². The normalized spacial score (nSPS) is 12.4. The van der Waals surface area contributed by atoms with Gasteiger partial charge in [0, 0.05) is 15.5 Å². The molecule has 0 fully saturated rings. The first-order valence-electron chi connectivity index (χ1n) is 6.08. The minimum Gasteiger partial charge on any atom is -0.313 e. The topological polar surface area (TPSA) is 12.0 Å². The molecule has 0 bridgehead atoms. The van der Waals surface area contributed by atoms with Gasteiger partial charge in [-0.15, -0.1) is 0 Å². The van der Waals surface area contributed by atoms with Gasteiger partial charge in [-0.25, -0.2) is 4.39 Å². The number of hydrogen-bond donors (Lipinski definition) is 1. The smallest absolute Gasteiger partial charge is 0.123 e. The van der Waals surface area contributed by atoms with Gasteiger partial charge in [0.05, 0.1) is 5.02 Å². The molecule has 0 heterocycles. The van der Waals surface area contributed by atoms with Crippen molar-refractivity contribution >= 4 is 39.1 Å². The first kappa shape index (κ1) is 15.8. The summed E-state index contributed by atoms with van der Waals surface area (Å²) in [5.74, 6) is -0.292. The van der Waals surface area contributed by atoms with E-state index in [2.05, 4.69) is 21.2 Å². The molecule has 1 nitrogen and oxygen atoms in total. The SMILES string of the molecule is CNC(Cc1cc(F)ccc1Cl)c1cccc(Br)c1Cl. The van der Waals surface area contributed by atoms with Crippen molar-refractivity contribution in [1.82, 2.24) is 5.32 Å². The summed E-state index contributed by atoms with van der Waals surface area (Å²) in [7, 11) is 1.84. The Morgan fingerprint density at radius 1 is 1.25 bits per heavy atom. The van der Waals surface area contributed by atoms with Crippen LogP contribution in [0.3, 0.4) is 0 Å². The molecule has 106 valence electrons. The molecule has 5 heteroatoms. The summed E-state index contributed by atoms with van der Waals surface area (Å²) in [5, 5.41) is 4.40. The summed E-state index contributed by atoms with van der Waals surface area (Å²) in [6, 6.07) is 10.1. The van der Waals surface area contributed by atoms with Gasteiger partial charge < -0.3 is 5.32 Å². The average Bonchev–Trinajstić information content (AvgIpc) is 2.43. The Morgan fingerprint density at radius 2 is 2.00 bits per heavy atom. The highest BCUT2D eigenvalue weighted by molar-refractivity contribution is 9.10. The first-order chi connectivity index (χ1) is 9.52. The first-order valence-corrected chi connectivity index (χ1v) is 7.63. The molecule has 0 spiro atoms. The summed E-state index contributed by atoms with van der Waals surface area (Å²) in [6.45, 7) is 0. The molecule has 1 N–H and O–H groups in total. The van der Waals surface area contributed by atoms with Crippen LogP contribution < -0.4 is 5.32 Å². The van der Waals surface area contributed by atoms with E-state index in [0.29, 0.717) is 16.5 Å². The largest absolute Gasteiger partial charge is 0.313 e. The van der Waals surface area contributed by atoms with Crippen LogP contribution >= 0.6 is 39.1 Å². The monoisotopic (exact) mass is 375 g/mol. The quantitative estimate of drug-likeness (QED) is 0.753. The van der Waals surface area contributed by atoms with E-state index in [0.717, 1.165) is 15.6 Å². The fourth-order valence-corrected chi connectivity index (χ4v) is 2.91. The Bertz CT molecular complexity index is 619. The molecular formula is C15H13BrCl2FN. The minimum absolute atomic E-state index is 0.0423. The lowest BCUT2D eigenvalue weighted by Gasteiger charge is -2.19. The number of rotatable bonds is 4. The van der Waals surface area contributed by atoms with Crippen LogP contribution in [0.2, 0.25) is 10.0 Å². The molecule has 0 aromatic heterocycles. The molecule has 0 aliphatic heterocycles. The van der Waals surface area contributed by atoms with Gasteiger partial charge >= 0.3 is 0 Å². The second kappa shape index (κ2) is 6.90. The van der Waals surface area contributed by atoms with E-state index in [4.69, 9.17) is 23.2 Å². The van der Waals surface area contributed by atoms with Crippen molar-refractivity contribution in [3.05, 3.63) is 67.9 Å². The summed E-state index contributed by atoms with van der Waals surface area (Å²) in [4.78, 5) is 0. The Kier molecular flexibility index (Phi) is 5.44. The zero-order valence-corrected chi connectivity index (χ0v) is 13.9. The Balaban J connectivity index is 2.34. The number of halogens is 4. The summed E-state index contributed by atoms with van der Waals surface area (Å²) in [5.41, 5.74) is 1.70. The van der Waals surface area contributed by atoms with Crippen molar-refractivity contribution in [3.63, 3.8) is 0 Å². The Hall–Kier alpha value is -0.610. The highest BCUT2D eigenvalue weighted by atomic mass is 79.9. The highest BCUT2D eigenvalue weighted by Gasteiger charge is 2.16.